The number of likely N-dealkylation sites (tertiary alicyclic amines) is 1. The molecule has 0 aliphatic carbocycles. The molecule has 2 heterocycles. The van der Waals surface area contributed by atoms with E-state index in [9.17, 15) is 9.59 Å². The second kappa shape index (κ2) is 7.20. The van der Waals surface area contributed by atoms with Gasteiger partial charge in [0.25, 0.3) is 5.91 Å². The van der Waals surface area contributed by atoms with Crippen LogP contribution in [0.15, 0.2) is 30.6 Å². The van der Waals surface area contributed by atoms with Gasteiger partial charge in [0.05, 0.1) is 5.69 Å². The van der Waals surface area contributed by atoms with E-state index in [0.29, 0.717) is 24.2 Å². The summed E-state index contributed by atoms with van der Waals surface area (Å²) in [5.74, 6) is -0.895. The summed E-state index contributed by atoms with van der Waals surface area (Å²) < 4.78 is 1.49. The number of hydrogen-bond acceptors (Lipinski definition) is 5. The first-order valence-corrected chi connectivity index (χ1v) is 8.01. The summed E-state index contributed by atoms with van der Waals surface area (Å²) >= 11 is 0. The monoisotopic (exact) mass is 329 g/mol. The highest BCUT2D eigenvalue weighted by atomic mass is 16.4. The molecule has 3 rings (SSSR count). The average Bonchev–Trinajstić information content (AvgIpc) is 3.14. The molecule has 0 spiro atoms. The smallest absolute Gasteiger partial charge is 0.303 e. The number of benzene rings is 1. The first kappa shape index (κ1) is 16.1. The van der Waals surface area contributed by atoms with E-state index in [1.54, 1.807) is 18.2 Å². The van der Waals surface area contributed by atoms with Crippen molar-refractivity contribution < 1.29 is 14.7 Å². The lowest BCUT2D eigenvalue weighted by Crippen LogP contribution is -2.44. The third kappa shape index (κ3) is 3.58. The molecule has 126 valence electrons. The second-order valence-corrected chi connectivity index (χ2v) is 5.89. The molecule has 1 fully saturated rings. The van der Waals surface area contributed by atoms with E-state index in [0.717, 1.165) is 19.3 Å². The van der Waals surface area contributed by atoms with Gasteiger partial charge in [-0.15, -0.1) is 5.10 Å². The number of carbonyl (C=O) groups is 2. The SMILES string of the molecule is O=C(O)CC[C@H]1CCCCN1C(=O)c1cccc(-n2cnnn2)c1. The van der Waals surface area contributed by atoms with Gasteiger partial charge in [0.1, 0.15) is 6.33 Å². The third-order valence-corrected chi connectivity index (χ3v) is 4.29. The highest BCUT2D eigenvalue weighted by Gasteiger charge is 2.27. The molecule has 1 aromatic carbocycles. The van der Waals surface area contributed by atoms with E-state index in [2.05, 4.69) is 15.5 Å². The summed E-state index contributed by atoms with van der Waals surface area (Å²) in [6, 6.07) is 7.12. The minimum atomic E-state index is -0.825. The normalized spacial score (nSPS) is 17.7. The van der Waals surface area contributed by atoms with Gasteiger partial charge in [-0.05, 0) is 54.3 Å². The first-order chi connectivity index (χ1) is 11.6. The van der Waals surface area contributed by atoms with Crippen LogP contribution in [0.3, 0.4) is 0 Å². The maximum Gasteiger partial charge on any atom is 0.303 e. The Morgan fingerprint density at radius 3 is 2.92 bits per heavy atom. The van der Waals surface area contributed by atoms with Crippen LogP contribution in [0, 0.1) is 0 Å². The van der Waals surface area contributed by atoms with Gasteiger partial charge in [-0.3, -0.25) is 9.59 Å². The van der Waals surface area contributed by atoms with Gasteiger partial charge in [-0.25, -0.2) is 4.68 Å². The lowest BCUT2D eigenvalue weighted by Gasteiger charge is -2.35. The summed E-state index contributed by atoms with van der Waals surface area (Å²) in [6.07, 6.45) is 4.87. The molecule has 1 atom stereocenters. The van der Waals surface area contributed by atoms with Crippen LogP contribution >= 0.6 is 0 Å². The zero-order valence-corrected chi connectivity index (χ0v) is 13.2. The van der Waals surface area contributed by atoms with Crippen molar-refractivity contribution >= 4 is 11.9 Å². The molecule has 24 heavy (non-hydrogen) atoms. The summed E-state index contributed by atoms with van der Waals surface area (Å²) in [5.41, 5.74) is 1.27. The van der Waals surface area contributed by atoms with Gasteiger partial charge in [0.15, 0.2) is 0 Å². The van der Waals surface area contributed by atoms with E-state index >= 15 is 0 Å². The van der Waals surface area contributed by atoms with Crippen LogP contribution in [-0.4, -0.2) is 54.7 Å². The maximum atomic E-state index is 12.9. The summed E-state index contributed by atoms with van der Waals surface area (Å²) in [6.45, 7) is 0.665. The van der Waals surface area contributed by atoms with Gasteiger partial charge in [0, 0.05) is 24.6 Å². The lowest BCUT2D eigenvalue weighted by molar-refractivity contribution is -0.137. The molecule has 0 bridgehead atoms. The minimum absolute atomic E-state index is 0.0148. The predicted molar refractivity (Wildman–Crippen MR) is 84.7 cm³/mol. The molecule has 1 aliphatic heterocycles. The Kier molecular flexibility index (Phi) is 4.83. The number of rotatable bonds is 5. The van der Waals surface area contributed by atoms with E-state index in [4.69, 9.17) is 5.11 Å². The number of tetrazole rings is 1. The quantitative estimate of drug-likeness (QED) is 0.892. The molecule has 2 aromatic rings. The molecule has 1 N–H and O–H groups in total. The Hall–Kier alpha value is -2.77. The Morgan fingerprint density at radius 2 is 2.17 bits per heavy atom. The summed E-state index contributed by atoms with van der Waals surface area (Å²) in [5, 5.41) is 19.9. The van der Waals surface area contributed by atoms with E-state index < -0.39 is 5.97 Å². The Bertz CT molecular complexity index is 716. The molecular formula is C16H19N5O3. The Morgan fingerprint density at radius 1 is 1.29 bits per heavy atom. The fraction of sp³-hybridized carbons (Fsp3) is 0.438. The molecule has 8 heteroatoms. The fourth-order valence-corrected chi connectivity index (χ4v) is 3.09. The largest absolute Gasteiger partial charge is 0.481 e. The van der Waals surface area contributed by atoms with Gasteiger partial charge in [-0.1, -0.05) is 6.07 Å². The third-order valence-electron chi connectivity index (χ3n) is 4.29. The van der Waals surface area contributed by atoms with Crippen molar-refractivity contribution in [2.24, 2.45) is 0 Å². The van der Waals surface area contributed by atoms with Gasteiger partial charge in [0.2, 0.25) is 0 Å². The van der Waals surface area contributed by atoms with Crippen LogP contribution in [0.2, 0.25) is 0 Å². The molecule has 0 saturated carbocycles. The van der Waals surface area contributed by atoms with Crippen LogP contribution in [0.4, 0.5) is 0 Å². The number of aliphatic carboxylic acids is 1. The number of hydrogen-bond donors (Lipinski definition) is 1. The van der Waals surface area contributed by atoms with Crippen molar-refractivity contribution in [3.8, 4) is 5.69 Å². The number of amides is 1. The first-order valence-electron chi connectivity index (χ1n) is 8.01. The van der Waals surface area contributed by atoms with E-state index in [1.165, 1.54) is 11.0 Å². The predicted octanol–water partition coefficient (Wildman–Crippen LogP) is 1.52. The van der Waals surface area contributed by atoms with Crippen molar-refractivity contribution in [2.75, 3.05) is 6.54 Å². The number of carboxylic acid groups (broad SMARTS) is 1. The summed E-state index contributed by atoms with van der Waals surface area (Å²) in [4.78, 5) is 25.5. The second-order valence-electron chi connectivity index (χ2n) is 5.89. The van der Waals surface area contributed by atoms with Crippen molar-refractivity contribution in [3.05, 3.63) is 36.2 Å². The highest BCUT2D eigenvalue weighted by molar-refractivity contribution is 5.95. The summed E-state index contributed by atoms with van der Waals surface area (Å²) in [7, 11) is 0. The minimum Gasteiger partial charge on any atom is -0.481 e. The van der Waals surface area contributed by atoms with Crippen molar-refractivity contribution in [2.45, 2.75) is 38.1 Å². The molecule has 0 radical (unpaired) electrons. The number of piperidine rings is 1. The number of carboxylic acids is 1. The van der Waals surface area contributed by atoms with Crippen molar-refractivity contribution in [1.82, 2.24) is 25.1 Å². The molecule has 1 aromatic heterocycles. The molecule has 1 saturated heterocycles. The maximum absolute atomic E-state index is 12.9. The molecular weight excluding hydrogens is 310 g/mol. The number of nitrogens with zero attached hydrogens (tertiary/aromatic N) is 5. The zero-order valence-electron chi connectivity index (χ0n) is 13.2. The fourth-order valence-electron chi connectivity index (χ4n) is 3.09. The highest BCUT2D eigenvalue weighted by Crippen LogP contribution is 2.23. The van der Waals surface area contributed by atoms with Crippen LogP contribution in [0.25, 0.3) is 5.69 Å². The van der Waals surface area contributed by atoms with Gasteiger partial charge in [-0.2, -0.15) is 0 Å². The Labute approximate surface area is 139 Å². The number of carbonyl (C=O) groups excluding carboxylic acids is 1. The zero-order chi connectivity index (χ0) is 16.9. The molecule has 8 nitrogen and oxygen atoms in total. The van der Waals surface area contributed by atoms with Crippen LogP contribution in [-0.2, 0) is 4.79 Å². The van der Waals surface area contributed by atoms with Crippen LogP contribution in [0.1, 0.15) is 42.5 Å². The van der Waals surface area contributed by atoms with E-state index in [1.807, 2.05) is 11.0 Å². The topological polar surface area (TPSA) is 101 Å². The molecule has 0 unspecified atom stereocenters. The standard InChI is InChI=1S/C16H19N5O3/c22-15(23)8-7-13-5-1-2-9-20(13)16(24)12-4-3-6-14(10-12)21-11-17-18-19-21/h3-4,6,10-11,13H,1-2,5,7-9H2,(H,22,23)/t13-/m1/s1. The number of aromatic nitrogens is 4. The van der Waals surface area contributed by atoms with Gasteiger partial charge < -0.3 is 10.0 Å². The molecule has 1 aliphatic rings. The van der Waals surface area contributed by atoms with Crippen LogP contribution < -0.4 is 0 Å². The van der Waals surface area contributed by atoms with Gasteiger partial charge >= 0.3 is 5.97 Å². The lowest BCUT2D eigenvalue weighted by atomic mass is 9.97. The van der Waals surface area contributed by atoms with Crippen LogP contribution in [0.5, 0.6) is 0 Å². The van der Waals surface area contributed by atoms with E-state index in [-0.39, 0.29) is 18.4 Å². The van der Waals surface area contributed by atoms with Crippen molar-refractivity contribution in [1.29, 1.82) is 0 Å². The molecule has 1 amide bonds. The Balaban J connectivity index is 1.79. The average molecular weight is 329 g/mol. The van der Waals surface area contributed by atoms with Crippen molar-refractivity contribution in [3.63, 3.8) is 0 Å².